The highest BCUT2D eigenvalue weighted by atomic mass is 14.5. The summed E-state index contributed by atoms with van der Waals surface area (Å²) in [6.45, 7) is 7.00. The van der Waals surface area contributed by atoms with Gasteiger partial charge in [0.1, 0.15) is 0 Å². The van der Waals surface area contributed by atoms with E-state index in [0.717, 1.165) is 11.3 Å². The van der Waals surface area contributed by atoms with Crippen molar-refractivity contribution in [2.75, 3.05) is 0 Å². The first kappa shape index (κ1) is 9.00. The molecule has 1 fully saturated rings. The lowest BCUT2D eigenvalue weighted by Crippen LogP contribution is -2.06. The molecule has 0 heteroatoms. The molecule has 1 aliphatic rings. The fourth-order valence-electron chi connectivity index (χ4n) is 1.50. The molecule has 0 heterocycles. The second-order valence-electron chi connectivity index (χ2n) is 3.37. The number of rotatable bonds is 2. The van der Waals surface area contributed by atoms with Crippen molar-refractivity contribution in [2.24, 2.45) is 11.3 Å². The summed E-state index contributed by atoms with van der Waals surface area (Å²) in [5, 5.41) is 0. The average Bonchev–Trinajstić information content (AvgIpc) is 2.44. The highest BCUT2D eigenvalue weighted by Gasteiger charge is 2.42. The molecule has 0 N–H and O–H groups in total. The van der Waals surface area contributed by atoms with E-state index in [1.165, 1.54) is 19.3 Å². The van der Waals surface area contributed by atoms with Crippen LogP contribution in [0, 0.1) is 11.3 Å². The van der Waals surface area contributed by atoms with E-state index in [9.17, 15) is 0 Å². The Hall–Kier alpha value is 0. The molecule has 0 radical (unpaired) electrons. The summed E-state index contributed by atoms with van der Waals surface area (Å²) in [5.74, 6) is 0.924. The molecule has 0 saturated heterocycles. The van der Waals surface area contributed by atoms with Crippen LogP contribution in [-0.2, 0) is 0 Å². The maximum absolute atomic E-state index is 2.34. The fraction of sp³-hybridized carbons (Fsp3) is 1.00. The Balaban J connectivity index is 0.000000640. The van der Waals surface area contributed by atoms with Crippen LogP contribution in [0.4, 0.5) is 0 Å². The predicted molar refractivity (Wildman–Crippen MR) is 43.5 cm³/mol. The van der Waals surface area contributed by atoms with E-state index in [0.29, 0.717) is 0 Å². The number of hydrogen-bond donors (Lipinski definition) is 0. The van der Waals surface area contributed by atoms with Crippen molar-refractivity contribution in [3.05, 3.63) is 0 Å². The molecule has 0 aromatic rings. The Kier molecular flexibility index (Phi) is 2.72. The zero-order valence-corrected chi connectivity index (χ0v) is 6.20. The molecule has 1 aliphatic carbocycles. The number of hydrogen-bond acceptors (Lipinski definition) is 0. The molecule has 56 valence electrons. The van der Waals surface area contributed by atoms with Crippen molar-refractivity contribution in [1.82, 2.24) is 0 Å². The SMILES string of the molecule is C.CCC1(C(C)C)CC1. The monoisotopic (exact) mass is 128 g/mol. The van der Waals surface area contributed by atoms with Gasteiger partial charge in [-0.05, 0) is 24.2 Å². The van der Waals surface area contributed by atoms with Crippen molar-refractivity contribution in [1.29, 1.82) is 0 Å². The van der Waals surface area contributed by atoms with E-state index in [1.807, 2.05) is 0 Å². The van der Waals surface area contributed by atoms with E-state index in [4.69, 9.17) is 0 Å². The van der Waals surface area contributed by atoms with Crippen LogP contribution in [0.25, 0.3) is 0 Å². The minimum atomic E-state index is 0. The van der Waals surface area contributed by atoms with Crippen molar-refractivity contribution in [2.45, 2.75) is 47.5 Å². The van der Waals surface area contributed by atoms with Crippen LogP contribution in [-0.4, -0.2) is 0 Å². The van der Waals surface area contributed by atoms with Crippen LogP contribution in [0.1, 0.15) is 47.5 Å². The molecule has 9 heavy (non-hydrogen) atoms. The van der Waals surface area contributed by atoms with Gasteiger partial charge in [-0.15, -0.1) is 0 Å². The van der Waals surface area contributed by atoms with Gasteiger partial charge >= 0.3 is 0 Å². The molecule has 1 rings (SSSR count). The van der Waals surface area contributed by atoms with E-state index in [1.54, 1.807) is 0 Å². The van der Waals surface area contributed by atoms with Crippen LogP contribution < -0.4 is 0 Å². The Morgan fingerprint density at radius 3 is 1.78 bits per heavy atom. The zero-order valence-electron chi connectivity index (χ0n) is 6.20. The standard InChI is InChI=1S/C8H16.CH4/c1-4-8(5-6-8)7(2)3;/h7H,4-6H2,1-3H3;1H4. The van der Waals surface area contributed by atoms with Gasteiger partial charge < -0.3 is 0 Å². The lowest BCUT2D eigenvalue weighted by Gasteiger charge is -2.15. The van der Waals surface area contributed by atoms with Gasteiger partial charge in [-0.1, -0.05) is 34.6 Å². The van der Waals surface area contributed by atoms with Crippen LogP contribution in [0.5, 0.6) is 0 Å². The average molecular weight is 128 g/mol. The molecule has 0 aromatic heterocycles. The van der Waals surface area contributed by atoms with E-state index in [2.05, 4.69) is 20.8 Å². The lowest BCUT2D eigenvalue weighted by atomic mass is 9.90. The maximum atomic E-state index is 2.34. The summed E-state index contributed by atoms with van der Waals surface area (Å²) in [7, 11) is 0. The molecule has 0 unspecified atom stereocenters. The van der Waals surface area contributed by atoms with E-state index in [-0.39, 0.29) is 7.43 Å². The smallest absolute Gasteiger partial charge is 0.0277 e. The third-order valence-corrected chi connectivity index (χ3v) is 2.82. The fourth-order valence-corrected chi connectivity index (χ4v) is 1.50. The molecule has 0 aromatic carbocycles. The molecular weight excluding hydrogens is 108 g/mol. The van der Waals surface area contributed by atoms with Crippen LogP contribution in [0.15, 0.2) is 0 Å². The summed E-state index contributed by atoms with van der Waals surface area (Å²) < 4.78 is 0. The molecular formula is C9H20. The molecule has 0 aliphatic heterocycles. The maximum Gasteiger partial charge on any atom is -0.0277 e. The topological polar surface area (TPSA) is 0 Å². The molecule has 0 amide bonds. The molecule has 0 spiro atoms. The minimum absolute atomic E-state index is 0. The summed E-state index contributed by atoms with van der Waals surface area (Å²) in [4.78, 5) is 0. The van der Waals surface area contributed by atoms with Gasteiger partial charge in [0.15, 0.2) is 0 Å². The van der Waals surface area contributed by atoms with Gasteiger partial charge in [-0.25, -0.2) is 0 Å². The quantitative estimate of drug-likeness (QED) is 0.534. The van der Waals surface area contributed by atoms with Crippen LogP contribution in [0.2, 0.25) is 0 Å². The first-order valence-corrected chi connectivity index (χ1v) is 3.71. The Morgan fingerprint density at radius 1 is 1.33 bits per heavy atom. The van der Waals surface area contributed by atoms with Gasteiger partial charge in [0.25, 0.3) is 0 Å². The predicted octanol–water partition coefficient (Wildman–Crippen LogP) is 3.47. The largest absolute Gasteiger partial charge is 0.0776 e. The lowest BCUT2D eigenvalue weighted by molar-refractivity contribution is 0.347. The van der Waals surface area contributed by atoms with Crippen molar-refractivity contribution in [3.8, 4) is 0 Å². The van der Waals surface area contributed by atoms with Gasteiger partial charge in [-0.2, -0.15) is 0 Å². The van der Waals surface area contributed by atoms with Crippen LogP contribution >= 0.6 is 0 Å². The zero-order chi connectivity index (χ0) is 6.20. The van der Waals surface area contributed by atoms with Crippen molar-refractivity contribution >= 4 is 0 Å². The van der Waals surface area contributed by atoms with Gasteiger partial charge in [0.2, 0.25) is 0 Å². The van der Waals surface area contributed by atoms with Crippen molar-refractivity contribution < 1.29 is 0 Å². The molecule has 0 bridgehead atoms. The highest BCUT2D eigenvalue weighted by molar-refractivity contribution is 4.93. The minimum Gasteiger partial charge on any atom is -0.0776 e. The summed E-state index contributed by atoms with van der Waals surface area (Å²) >= 11 is 0. The van der Waals surface area contributed by atoms with Crippen molar-refractivity contribution in [3.63, 3.8) is 0 Å². The summed E-state index contributed by atoms with van der Waals surface area (Å²) in [6.07, 6.45) is 4.37. The third-order valence-electron chi connectivity index (χ3n) is 2.82. The Labute approximate surface area is 59.7 Å². The van der Waals surface area contributed by atoms with E-state index >= 15 is 0 Å². The third kappa shape index (κ3) is 1.47. The summed E-state index contributed by atoms with van der Waals surface area (Å²) in [6, 6.07) is 0. The first-order chi connectivity index (χ1) is 3.71. The second kappa shape index (κ2) is 2.72. The van der Waals surface area contributed by atoms with E-state index < -0.39 is 0 Å². The molecule has 0 nitrogen and oxygen atoms in total. The normalized spacial score (nSPS) is 21.3. The Morgan fingerprint density at radius 2 is 1.78 bits per heavy atom. The van der Waals surface area contributed by atoms with Gasteiger partial charge in [0.05, 0.1) is 0 Å². The highest BCUT2D eigenvalue weighted by Crippen LogP contribution is 2.54. The van der Waals surface area contributed by atoms with Crippen LogP contribution in [0.3, 0.4) is 0 Å². The molecule has 1 saturated carbocycles. The Bertz CT molecular complexity index is 78.0. The van der Waals surface area contributed by atoms with Gasteiger partial charge in [-0.3, -0.25) is 0 Å². The molecule has 0 atom stereocenters. The first-order valence-electron chi connectivity index (χ1n) is 3.71. The second-order valence-corrected chi connectivity index (χ2v) is 3.37. The van der Waals surface area contributed by atoms with Gasteiger partial charge in [0, 0.05) is 0 Å². The summed E-state index contributed by atoms with van der Waals surface area (Å²) in [5.41, 5.74) is 0.792.